The Bertz CT molecular complexity index is 636. The van der Waals surface area contributed by atoms with E-state index in [0.29, 0.717) is 25.5 Å². The van der Waals surface area contributed by atoms with Gasteiger partial charge in [-0.1, -0.05) is 30.9 Å². The lowest BCUT2D eigenvalue weighted by atomic mass is 9.95. The Morgan fingerprint density at radius 2 is 2.26 bits per heavy atom. The van der Waals surface area contributed by atoms with Crippen LogP contribution in [0.5, 0.6) is 5.75 Å². The van der Waals surface area contributed by atoms with Crippen LogP contribution < -0.4 is 15.8 Å². The van der Waals surface area contributed by atoms with E-state index >= 15 is 0 Å². The molecule has 1 unspecified atom stereocenters. The van der Waals surface area contributed by atoms with Crippen molar-refractivity contribution in [1.82, 2.24) is 10.2 Å². The first-order valence-electron chi connectivity index (χ1n) is 9.27. The number of carbonyl (C=O) groups excluding carboxylic acids is 1. The molecule has 1 atom stereocenters. The molecule has 1 saturated heterocycles. The van der Waals surface area contributed by atoms with Gasteiger partial charge in [0.15, 0.2) is 5.96 Å². The van der Waals surface area contributed by atoms with Crippen LogP contribution in [0.3, 0.4) is 0 Å². The molecular weight excluding hydrogens is 455 g/mol. The van der Waals surface area contributed by atoms with Crippen molar-refractivity contribution in [2.24, 2.45) is 16.6 Å². The summed E-state index contributed by atoms with van der Waals surface area (Å²) in [6, 6.07) is 7.92. The van der Waals surface area contributed by atoms with Crippen LogP contribution in [0.2, 0.25) is 0 Å². The van der Waals surface area contributed by atoms with Gasteiger partial charge in [0.05, 0.1) is 6.54 Å². The molecule has 1 aliphatic rings. The summed E-state index contributed by atoms with van der Waals surface area (Å²) in [6.07, 6.45) is 4.25. The van der Waals surface area contributed by atoms with Crippen LogP contribution in [-0.2, 0) is 11.3 Å². The lowest BCUT2D eigenvalue weighted by molar-refractivity contribution is -0.119. The lowest BCUT2D eigenvalue weighted by Gasteiger charge is -2.34. The smallest absolute Gasteiger partial charge is 0.217 e. The third-order valence-electron chi connectivity index (χ3n) is 4.37. The number of carbonyl (C=O) groups is 1. The number of hydrogen-bond acceptors (Lipinski definition) is 3. The number of amides is 1. The predicted octanol–water partition coefficient (Wildman–Crippen LogP) is 2.92. The SMILES string of the molecule is C=CCOc1ccccc1CN=C(NCC)N1CCCC(CC(N)=O)C1.I. The molecule has 0 radical (unpaired) electrons. The Kier molecular flexibility index (Phi) is 10.8. The maximum absolute atomic E-state index is 11.2. The number of nitrogens with one attached hydrogen (secondary N) is 1. The number of hydrogen-bond donors (Lipinski definition) is 2. The summed E-state index contributed by atoms with van der Waals surface area (Å²) in [4.78, 5) is 18.3. The topological polar surface area (TPSA) is 79.9 Å². The molecule has 2 rings (SSSR count). The fourth-order valence-electron chi connectivity index (χ4n) is 3.22. The first kappa shape index (κ1) is 23.3. The standard InChI is InChI=1S/C20H30N4O2.HI/c1-3-12-26-18-10-6-5-9-17(18)14-23-20(22-4-2)24-11-7-8-16(15-24)13-19(21)25;/h3,5-6,9-10,16H,1,4,7-8,11-15H2,2H3,(H2,21,25)(H,22,23);1H. The largest absolute Gasteiger partial charge is 0.489 e. The number of guanidine groups is 1. The number of benzene rings is 1. The predicted molar refractivity (Wildman–Crippen MR) is 120 cm³/mol. The van der Waals surface area contributed by atoms with Gasteiger partial charge in [-0.25, -0.2) is 4.99 Å². The maximum Gasteiger partial charge on any atom is 0.217 e. The Labute approximate surface area is 179 Å². The van der Waals surface area contributed by atoms with Crippen LogP contribution in [0.15, 0.2) is 41.9 Å². The molecule has 0 aromatic heterocycles. The highest BCUT2D eigenvalue weighted by Crippen LogP contribution is 2.21. The number of nitrogens with zero attached hydrogens (tertiary/aromatic N) is 2. The first-order chi connectivity index (χ1) is 12.6. The van der Waals surface area contributed by atoms with Gasteiger partial charge in [0.1, 0.15) is 12.4 Å². The summed E-state index contributed by atoms with van der Waals surface area (Å²) in [5.74, 6) is 1.78. The highest BCUT2D eigenvalue weighted by molar-refractivity contribution is 14.0. The van der Waals surface area contributed by atoms with E-state index in [-0.39, 0.29) is 29.9 Å². The number of halogens is 1. The van der Waals surface area contributed by atoms with E-state index in [1.165, 1.54) is 0 Å². The molecule has 1 aliphatic heterocycles. The zero-order chi connectivity index (χ0) is 18.8. The second-order valence-electron chi connectivity index (χ2n) is 6.50. The van der Waals surface area contributed by atoms with Crippen molar-refractivity contribution in [1.29, 1.82) is 0 Å². The minimum Gasteiger partial charge on any atom is -0.489 e. The highest BCUT2D eigenvalue weighted by Gasteiger charge is 2.23. The van der Waals surface area contributed by atoms with Crippen LogP contribution in [0.4, 0.5) is 0 Å². The number of likely N-dealkylation sites (tertiary alicyclic amines) is 1. The molecule has 0 aliphatic carbocycles. The molecular formula is C20H31IN4O2. The normalized spacial score (nSPS) is 17.0. The summed E-state index contributed by atoms with van der Waals surface area (Å²) in [7, 11) is 0. The second-order valence-corrected chi connectivity index (χ2v) is 6.50. The average Bonchev–Trinajstić information content (AvgIpc) is 2.64. The molecule has 0 saturated carbocycles. The van der Waals surface area contributed by atoms with E-state index in [9.17, 15) is 4.79 Å². The molecule has 1 fully saturated rings. The van der Waals surface area contributed by atoms with Crippen LogP contribution in [0.1, 0.15) is 31.7 Å². The minimum absolute atomic E-state index is 0. The fraction of sp³-hybridized carbons (Fsp3) is 0.500. The van der Waals surface area contributed by atoms with Gasteiger partial charge in [-0.2, -0.15) is 0 Å². The van der Waals surface area contributed by atoms with Crippen molar-refractivity contribution < 1.29 is 9.53 Å². The maximum atomic E-state index is 11.2. The number of para-hydroxylation sites is 1. The molecule has 0 spiro atoms. The van der Waals surface area contributed by atoms with Crippen molar-refractivity contribution in [3.05, 3.63) is 42.5 Å². The van der Waals surface area contributed by atoms with E-state index in [1.54, 1.807) is 6.08 Å². The van der Waals surface area contributed by atoms with Gasteiger partial charge in [-0.15, -0.1) is 24.0 Å². The molecule has 27 heavy (non-hydrogen) atoms. The third kappa shape index (κ3) is 7.78. The summed E-state index contributed by atoms with van der Waals surface area (Å²) in [5.41, 5.74) is 6.41. The summed E-state index contributed by atoms with van der Waals surface area (Å²) < 4.78 is 5.71. The van der Waals surface area contributed by atoms with E-state index in [1.807, 2.05) is 24.3 Å². The van der Waals surface area contributed by atoms with Gasteiger partial charge in [-0.05, 0) is 31.7 Å². The van der Waals surface area contributed by atoms with Gasteiger partial charge in [0.25, 0.3) is 0 Å². The van der Waals surface area contributed by atoms with Gasteiger partial charge in [-0.3, -0.25) is 4.79 Å². The first-order valence-corrected chi connectivity index (χ1v) is 9.27. The van der Waals surface area contributed by atoms with Gasteiger partial charge in [0, 0.05) is 31.6 Å². The fourth-order valence-corrected chi connectivity index (χ4v) is 3.22. The number of rotatable bonds is 8. The molecule has 1 aromatic rings. The van der Waals surface area contributed by atoms with Crippen molar-refractivity contribution in [3.63, 3.8) is 0 Å². The van der Waals surface area contributed by atoms with E-state index in [0.717, 1.165) is 49.7 Å². The van der Waals surface area contributed by atoms with Crippen LogP contribution in [-0.4, -0.2) is 43.0 Å². The summed E-state index contributed by atoms with van der Waals surface area (Å²) >= 11 is 0. The molecule has 150 valence electrons. The number of primary amides is 1. The number of ether oxygens (including phenoxy) is 1. The Morgan fingerprint density at radius 3 is 2.96 bits per heavy atom. The van der Waals surface area contributed by atoms with Gasteiger partial charge >= 0.3 is 0 Å². The van der Waals surface area contributed by atoms with E-state index in [2.05, 4.69) is 23.7 Å². The summed E-state index contributed by atoms with van der Waals surface area (Å²) in [5, 5.41) is 3.36. The Morgan fingerprint density at radius 1 is 1.48 bits per heavy atom. The second kappa shape index (κ2) is 12.6. The van der Waals surface area contributed by atoms with Crippen LogP contribution >= 0.6 is 24.0 Å². The van der Waals surface area contributed by atoms with Crippen molar-refractivity contribution in [2.45, 2.75) is 32.7 Å². The monoisotopic (exact) mass is 486 g/mol. The lowest BCUT2D eigenvalue weighted by Crippen LogP contribution is -2.47. The number of aliphatic imine (C=N–C) groups is 1. The van der Waals surface area contributed by atoms with Gasteiger partial charge < -0.3 is 20.7 Å². The Balaban J connectivity index is 0.00000364. The molecule has 3 N–H and O–H groups in total. The number of nitrogens with two attached hydrogens (primary N) is 1. The minimum atomic E-state index is -0.230. The van der Waals surface area contributed by atoms with Crippen LogP contribution in [0, 0.1) is 5.92 Å². The quantitative estimate of drug-likeness (QED) is 0.256. The van der Waals surface area contributed by atoms with Crippen molar-refractivity contribution >= 4 is 35.8 Å². The van der Waals surface area contributed by atoms with E-state index in [4.69, 9.17) is 15.5 Å². The zero-order valence-corrected chi connectivity index (χ0v) is 18.4. The number of piperidine rings is 1. The third-order valence-corrected chi connectivity index (χ3v) is 4.37. The molecule has 1 aromatic carbocycles. The molecule has 0 bridgehead atoms. The highest BCUT2D eigenvalue weighted by atomic mass is 127. The average molecular weight is 486 g/mol. The van der Waals surface area contributed by atoms with E-state index < -0.39 is 0 Å². The van der Waals surface area contributed by atoms with Crippen molar-refractivity contribution in [3.8, 4) is 5.75 Å². The summed E-state index contributed by atoms with van der Waals surface area (Å²) in [6.45, 7) is 9.30. The van der Waals surface area contributed by atoms with Gasteiger partial charge in [0.2, 0.25) is 5.91 Å². The molecule has 7 heteroatoms. The van der Waals surface area contributed by atoms with Crippen LogP contribution in [0.25, 0.3) is 0 Å². The van der Waals surface area contributed by atoms with Crippen molar-refractivity contribution in [2.75, 3.05) is 26.2 Å². The Hall–Kier alpha value is -1.77. The molecule has 1 amide bonds. The zero-order valence-electron chi connectivity index (χ0n) is 16.0. The molecule has 6 nitrogen and oxygen atoms in total. The molecule has 1 heterocycles.